The summed E-state index contributed by atoms with van der Waals surface area (Å²) >= 11 is 2.78. The fourth-order valence-corrected chi connectivity index (χ4v) is 4.51. The molecule has 0 bridgehead atoms. The molecular weight excluding hydrogens is 567 g/mol. The first-order valence-electron chi connectivity index (χ1n) is 9.29. The van der Waals surface area contributed by atoms with Crippen LogP contribution in [0.4, 0.5) is 10.5 Å². The average Bonchev–Trinajstić information content (AvgIpc) is 3.05. The van der Waals surface area contributed by atoms with Gasteiger partial charge in [-0.3, -0.25) is 24.6 Å². The Labute approximate surface area is 206 Å². The Hall–Kier alpha value is -3.13. The second-order valence-electron chi connectivity index (χ2n) is 6.59. The van der Waals surface area contributed by atoms with Gasteiger partial charge >= 0.3 is 5.97 Å². The number of carbonyl (C=O) groups is 3. The van der Waals surface area contributed by atoms with Crippen LogP contribution in [0.25, 0.3) is 6.08 Å². The zero-order valence-electron chi connectivity index (χ0n) is 17.4. The molecule has 33 heavy (non-hydrogen) atoms. The van der Waals surface area contributed by atoms with Crippen molar-refractivity contribution in [3.8, 4) is 11.5 Å². The first-order chi connectivity index (χ1) is 15.7. The summed E-state index contributed by atoms with van der Waals surface area (Å²) in [5.74, 6) is -0.363. The summed E-state index contributed by atoms with van der Waals surface area (Å²) in [7, 11) is 2.69. The second kappa shape index (κ2) is 10.7. The van der Waals surface area contributed by atoms with Gasteiger partial charge in [0.25, 0.3) is 16.8 Å². The van der Waals surface area contributed by atoms with Crippen LogP contribution in [-0.4, -0.2) is 47.8 Å². The number of nitro groups is 1. The van der Waals surface area contributed by atoms with Crippen molar-refractivity contribution in [3.63, 3.8) is 0 Å². The van der Waals surface area contributed by atoms with Gasteiger partial charge in [0.15, 0.2) is 18.1 Å². The van der Waals surface area contributed by atoms with E-state index >= 15 is 0 Å². The minimum atomic E-state index is -0.547. The highest BCUT2D eigenvalue weighted by Gasteiger charge is 2.35. The van der Waals surface area contributed by atoms with E-state index < -0.39 is 22.0 Å². The summed E-state index contributed by atoms with van der Waals surface area (Å²) in [6.45, 7) is -0.371. The third-order valence-electron chi connectivity index (χ3n) is 4.45. The monoisotopic (exact) mass is 584 g/mol. The minimum Gasteiger partial charge on any atom is -0.493 e. The van der Waals surface area contributed by atoms with Crippen LogP contribution < -0.4 is 9.47 Å². The number of ether oxygens (including phenoxy) is 3. The number of nitrogens with zero attached hydrogens (tertiary/aromatic N) is 2. The summed E-state index contributed by atoms with van der Waals surface area (Å²) in [5, 5.41) is 10.5. The summed E-state index contributed by atoms with van der Waals surface area (Å²) < 4.78 is 16.0. The van der Waals surface area contributed by atoms with E-state index in [0.717, 1.165) is 16.7 Å². The van der Waals surface area contributed by atoms with Crippen molar-refractivity contribution in [1.82, 2.24) is 4.90 Å². The number of imide groups is 1. The van der Waals surface area contributed by atoms with E-state index in [1.165, 1.54) is 32.4 Å². The molecule has 1 aliphatic rings. The number of carbonyl (C=O) groups excluding carboxylic acids is 3. The maximum absolute atomic E-state index is 12.8. The molecule has 2 amide bonds. The SMILES string of the molecule is COC(=O)COc1c(I)cc(/C=C2/SC(=O)N(Cc3cccc([N+](=O)[O-])c3)C2=O)cc1OC. The van der Waals surface area contributed by atoms with E-state index in [1.54, 1.807) is 24.3 Å². The third kappa shape index (κ3) is 5.82. The molecule has 1 heterocycles. The molecule has 3 rings (SSSR count). The standard InChI is InChI=1S/C21H17IN2O8S/c1-30-16-8-13(7-15(22)19(16)32-11-18(25)31-2)9-17-20(26)23(21(27)33-17)10-12-4-3-5-14(6-12)24(28)29/h3-9H,10-11H2,1-2H3/b17-9+. The molecule has 0 unspecified atom stereocenters. The smallest absolute Gasteiger partial charge is 0.343 e. The number of esters is 1. The maximum atomic E-state index is 12.8. The summed E-state index contributed by atoms with van der Waals surface area (Å²) in [6.07, 6.45) is 1.55. The first kappa shape index (κ1) is 24.5. The third-order valence-corrected chi connectivity index (χ3v) is 6.16. The quantitative estimate of drug-likeness (QED) is 0.149. The molecule has 0 N–H and O–H groups in total. The molecule has 172 valence electrons. The Kier molecular flexibility index (Phi) is 7.92. The highest BCUT2D eigenvalue weighted by atomic mass is 127. The van der Waals surface area contributed by atoms with Crippen molar-refractivity contribution in [2.24, 2.45) is 0 Å². The highest BCUT2D eigenvalue weighted by molar-refractivity contribution is 14.1. The average molecular weight is 584 g/mol. The molecule has 0 spiro atoms. The number of amides is 2. The lowest BCUT2D eigenvalue weighted by Crippen LogP contribution is -2.27. The minimum absolute atomic E-state index is 0.0785. The van der Waals surface area contributed by atoms with Crippen LogP contribution in [-0.2, 0) is 20.9 Å². The van der Waals surface area contributed by atoms with Crippen molar-refractivity contribution in [1.29, 1.82) is 0 Å². The predicted octanol–water partition coefficient (Wildman–Crippen LogP) is 4.00. The van der Waals surface area contributed by atoms with Crippen molar-refractivity contribution >= 4 is 63.2 Å². The van der Waals surface area contributed by atoms with Crippen LogP contribution in [0.3, 0.4) is 0 Å². The van der Waals surface area contributed by atoms with E-state index in [9.17, 15) is 24.5 Å². The zero-order chi connectivity index (χ0) is 24.1. The van der Waals surface area contributed by atoms with Gasteiger partial charge in [0, 0.05) is 12.1 Å². The Balaban J connectivity index is 1.82. The van der Waals surface area contributed by atoms with Gasteiger partial charge in [0.05, 0.1) is 34.2 Å². The number of hydrogen-bond donors (Lipinski definition) is 0. The topological polar surface area (TPSA) is 125 Å². The normalized spacial score (nSPS) is 14.5. The van der Waals surface area contributed by atoms with Gasteiger partial charge < -0.3 is 14.2 Å². The fraction of sp³-hybridized carbons (Fsp3) is 0.190. The van der Waals surface area contributed by atoms with Gasteiger partial charge in [-0.2, -0.15) is 0 Å². The van der Waals surface area contributed by atoms with Crippen LogP contribution >= 0.6 is 34.4 Å². The van der Waals surface area contributed by atoms with Gasteiger partial charge in [-0.1, -0.05) is 12.1 Å². The molecule has 0 aliphatic carbocycles. The summed E-state index contributed by atoms with van der Waals surface area (Å²) in [4.78, 5) is 48.3. The number of thioether (sulfide) groups is 1. The molecule has 1 aliphatic heterocycles. The Morgan fingerprint density at radius 1 is 1.24 bits per heavy atom. The van der Waals surface area contributed by atoms with Crippen LogP contribution in [0.2, 0.25) is 0 Å². The maximum Gasteiger partial charge on any atom is 0.343 e. The molecule has 0 atom stereocenters. The lowest BCUT2D eigenvalue weighted by Gasteiger charge is -2.13. The molecule has 1 saturated heterocycles. The molecule has 2 aromatic rings. The lowest BCUT2D eigenvalue weighted by atomic mass is 10.1. The molecule has 10 nitrogen and oxygen atoms in total. The first-order valence-corrected chi connectivity index (χ1v) is 11.2. The Morgan fingerprint density at radius 2 is 2.00 bits per heavy atom. The fourth-order valence-electron chi connectivity index (χ4n) is 2.89. The van der Waals surface area contributed by atoms with Crippen molar-refractivity contribution in [2.75, 3.05) is 20.8 Å². The Morgan fingerprint density at radius 3 is 2.67 bits per heavy atom. The molecular formula is C21H17IN2O8S. The number of non-ortho nitro benzene ring substituents is 1. The number of benzene rings is 2. The largest absolute Gasteiger partial charge is 0.493 e. The summed E-state index contributed by atoms with van der Waals surface area (Å²) in [6, 6.07) is 9.10. The molecule has 0 aromatic heterocycles. The van der Waals surface area contributed by atoms with Crippen molar-refractivity contribution < 1.29 is 33.5 Å². The van der Waals surface area contributed by atoms with Gasteiger partial charge in [0.1, 0.15) is 0 Å². The molecule has 1 fully saturated rings. The predicted molar refractivity (Wildman–Crippen MR) is 128 cm³/mol. The van der Waals surface area contributed by atoms with E-state index in [1.807, 2.05) is 22.6 Å². The van der Waals surface area contributed by atoms with Crippen molar-refractivity contribution in [2.45, 2.75) is 6.54 Å². The van der Waals surface area contributed by atoms with E-state index in [4.69, 9.17) is 9.47 Å². The lowest BCUT2D eigenvalue weighted by molar-refractivity contribution is -0.384. The number of hydrogen-bond acceptors (Lipinski definition) is 9. The van der Waals surface area contributed by atoms with E-state index in [0.29, 0.717) is 26.2 Å². The highest BCUT2D eigenvalue weighted by Crippen LogP contribution is 2.37. The summed E-state index contributed by atoms with van der Waals surface area (Å²) in [5.41, 5.74) is 0.935. The van der Waals surface area contributed by atoms with Gasteiger partial charge in [-0.15, -0.1) is 0 Å². The number of rotatable bonds is 8. The van der Waals surface area contributed by atoms with Crippen LogP contribution in [0.1, 0.15) is 11.1 Å². The number of methoxy groups -OCH3 is 2. The van der Waals surface area contributed by atoms with Crippen molar-refractivity contribution in [3.05, 3.63) is 66.1 Å². The van der Waals surface area contributed by atoms with Gasteiger partial charge in [-0.05, 0) is 63.7 Å². The Bertz CT molecular complexity index is 1170. The van der Waals surface area contributed by atoms with Gasteiger partial charge in [0.2, 0.25) is 0 Å². The van der Waals surface area contributed by atoms with Crippen LogP contribution in [0.5, 0.6) is 11.5 Å². The van der Waals surface area contributed by atoms with Gasteiger partial charge in [-0.25, -0.2) is 4.79 Å². The van der Waals surface area contributed by atoms with E-state index in [2.05, 4.69) is 4.74 Å². The molecule has 0 radical (unpaired) electrons. The number of nitro benzene ring substituents is 1. The second-order valence-corrected chi connectivity index (χ2v) is 8.75. The molecule has 2 aromatic carbocycles. The van der Waals surface area contributed by atoms with E-state index in [-0.39, 0.29) is 23.7 Å². The molecule has 12 heteroatoms. The van der Waals surface area contributed by atoms with Crippen LogP contribution in [0.15, 0.2) is 41.3 Å². The molecule has 0 saturated carbocycles. The zero-order valence-corrected chi connectivity index (χ0v) is 20.4. The number of halogens is 1. The van der Waals surface area contributed by atoms with Crippen LogP contribution in [0, 0.1) is 13.7 Å².